The molecule has 2 aliphatic rings. The Balaban J connectivity index is 1.97. The molecule has 1 saturated heterocycles. The second-order valence-electron chi connectivity index (χ2n) is 5.98. The number of carbonyl (C=O) groups excluding carboxylic acids is 2. The Morgan fingerprint density at radius 3 is 2.40 bits per heavy atom. The lowest BCUT2D eigenvalue weighted by Gasteiger charge is -2.18. The first-order valence-corrected chi connectivity index (χ1v) is 7.09. The molecule has 20 heavy (non-hydrogen) atoms. The number of imide groups is 1. The van der Waals surface area contributed by atoms with E-state index in [1.807, 2.05) is 39.0 Å². The van der Waals surface area contributed by atoms with Gasteiger partial charge < -0.3 is 0 Å². The zero-order valence-electron chi connectivity index (χ0n) is 12.1. The van der Waals surface area contributed by atoms with Crippen LogP contribution in [-0.2, 0) is 9.59 Å². The molecule has 3 heteroatoms. The number of hydrogen-bond donors (Lipinski definition) is 0. The van der Waals surface area contributed by atoms with Crippen LogP contribution >= 0.6 is 0 Å². The predicted octanol–water partition coefficient (Wildman–Crippen LogP) is 3.15. The summed E-state index contributed by atoms with van der Waals surface area (Å²) in [4.78, 5) is 26.5. The van der Waals surface area contributed by atoms with Crippen molar-refractivity contribution in [1.82, 2.24) is 0 Å². The van der Waals surface area contributed by atoms with Crippen molar-refractivity contribution in [3.8, 4) is 0 Å². The summed E-state index contributed by atoms with van der Waals surface area (Å²) in [5, 5.41) is 0. The van der Waals surface area contributed by atoms with E-state index in [4.69, 9.17) is 0 Å². The van der Waals surface area contributed by atoms with Crippen LogP contribution in [0.2, 0.25) is 0 Å². The van der Waals surface area contributed by atoms with Crippen molar-refractivity contribution < 1.29 is 9.59 Å². The van der Waals surface area contributed by atoms with Gasteiger partial charge in [-0.1, -0.05) is 17.7 Å². The van der Waals surface area contributed by atoms with Crippen LogP contribution in [0.25, 0.3) is 0 Å². The molecule has 0 aromatic heterocycles. The first-order chi connectivity index (χ1) is 9.49. The average Bonchev–Trinajstić information content (AvgIpc) is 2.65. The van der Waals surface area contributed by atoms with Crippen LogP contribution in [0.5, 0.6) is 0 Å². The molecule has 3 rings (SSSR count). The molecule has 2 unspecified atom stereocenters. The van der Waals surface area contributed by atoms with Gasteiger partial charge in [-0.25, -0.2) is 0 Å². The van der Waals surface area contributed by atoms with Gasteiger partial charge in [0.2, 0.25) is 11.8 Å². The van der Waals surface area contributed by atoms with Crippen LogP contribution in [0, 0.1) is 25.7 Å². The molecule has 0 N–H and O–H groups in total. The number of aryl methyl sites for hydroxylation is 2. The Morgan fingerprint density at radius 2 is 1.70 bits per heavy atom. The number of hydrogen-bond acceptors (Lipinski definition) is 2. The molecule has 0 radical (unpaired) electrons. The summed E-state index contributed by atoms with van der Waals surface area (Å²) in [7, 11) is 0. The van der Waals surface area contributed by atoms with Crippen LogP contribution in [0.15, 0.2) is 29.8 Å². The lowest BCUT2D eigenvalue weighted by Crippen LogP contribution is -2.30. The quantitative estimate of drug-likeness (QED) is 0.580. The molecule has 104 valence electrons. The highest BCUT2D eigenvalue weighted by molar-refractivity contribution is 6.22. The van der Waals surface area contributed by atoms with E-state index in [1.165, 1.54) is 16.0 Å². The SMILES string of the molecule is CC1=CCC2C(=O)N(c3ccc(C)c(C)c3)C(=O)C2C1. The van der Waals surface area contributed by atoms with Crippen molar-refractivity contribution in [2.75, 3.05) is 4.90 Å². The Morgan fingerprint density at radius 1 is 1.00 bits per heavy atom. The number of allylic oxidation sites excluding steroid dienone is 2. The van der Waals surface area contributed by atoms with Gasteiger partial charge in [-0.2, -0.15) is 0 Å². The third-order valence-corrected chi connectivity index (χ3v) is 4.57. The molecule has 0 spiro atoms. The maximum atomic E-state index is 12.6. The average molecular weight is 269 g/mol. The highest BCUT2D eigenvalue weighted by Gasteiger charge is 2.48. The van der Waals surface area contributed by atoms with Gasteiger partial charge in [0.1, 0.15) is 0 Å². The van der Waals surface area contributed by atoms with Crippen molar-refractivity contribution in [3.05, 3.63) is 41.0 Å². The van der Waals surface area contributed by atoms with Crippen LogP contribution in [0.4, 0.5) is 5.69 Å². The van der Waals surface area contributed by atoms with Crippen LogP contribution < -0.4 is 4.90 Å². The molecule has 3 nitrogen and oxygen atoms in total. The molecular weight excluding hydrogens is 250 g/mol. The van der Waals surface area contributed by atoms with Gasteiger partial charge in [-0.3, -0.25) is 14.5 Å². The second-order valence-corrected chi connectivity index (χ2v) is 5.98. The van der Waals surface area contributed by atoms with Crippen molar-refractivity contribution in [1.29, 1.82) is 0 Å². The molecular formula is C17H19NO2. The van der Waals surface area contributed by atoms with Gasteiger partial charge in [0.25, 0.3) is 0 Å². The van der Waals surface area contributed by atoms with Crippen LogP contribution in [0.3, 0.4) is 0 Å². The smallest absolute Gasteiger partial charge is 0.238 e. The predicted molar refractivity (Wildman–Crippen MR) is 78.4 cm³/mol. The summed E-state index contributed by atoms with van der Waals surface area (Å²) in [6, 6.07) is 5.77. The molecule has 2 amide bonds. The minimum absolute atomic E-state index is 0.0318. The second kappa shape index (κ2) is 4.58. The van der Waals surface area contributed by atoms with Crippen molar-refractivity contribution in [3.63, 3.8) is 0 Å². The number of fused-ring (bicyclic) bond motifs is 1. The molecule has 1 aliphatic carbocycles. The van der Waals surface area contributed by atoms with E-state index in [0.29, 0.717) is 6.42 Å². The molecule has 1 aromatic carbocycles. The lowest BCUT2D eigenvalue weighted by molar-refractivity contribution is -0.122. The molecule has 1 heterocycles. The third-order valence-electron chi connectivity index (χ3n) is 4.57. The highest BCUT2D eigenvalue weighted by Crippen LogP contribution is 2.39. The van der Waals surface area contributed by atoms with E-state index in [9.17, 15) is 9.59 Å². The summed E-state index contributed by atoms with van der Waals surface area (Å²) < 4.78 is 0. The normalized spacial score (nSPS) is 25.8. The largest absolute Gasteiger partial charge is 0.274 e. The lowest BCUT2D eigenvalue weighted by atomic mass is 9.82. The summed E-state index contributed by atoms with van der Waals surface area (Å²) in [6.07, 6.45) is 3.51. The molecule has 2 atom stereocenters. The van der Waals surface area contributed by atoms with E-state index >= 15 is 0 Å². The molecule has 0 bridgehead atoms. The Labute approximate surface area is 119 Å². The first kappa shape index (κ1) is 13.1. The van der Waals surface area contributed by atoms with Gasteiger partial charge in [-0.05, 0) is 56.9 Å². The Kier molecular flexibility index (Phi) is 3.00. The van der Waals surface area contributed by atoms with Crippen LogP contribution in [-0.4, -0.2) is 11.8 Å². The Bertz CT molecular complexity index is 630. The fraction of sp³-hybridized carbons (Fsp3) is 0.412. The first-order valence-electron chi connectivity index (χ1n) is 7.09. The van der Waals surface area contributed by atoms with E-state index < -0.39 is 0 Å². The zero-order chi connectivity index (χ0) is 14.4. The number of benzene rings is 1. The third kappa shape index (κ3) is 1.89. The number of amides is 2. The standard InChI is InChI=1S/C17H19NO2/c1-10-4-7-14-15(8-10)17(20)18(16(14)19)13-6-5-11(2)12(3)9-13/h4-6,9,14-15H,7-8H2,1-3H3. The molecule has 1 aromatic rings. The summed E-state index contributed by atoms with van der Waals surface area (Å²) in [6.45, 7) is 6.06. The van der Waals surface area contributed by atoms with E-state index in [2.05, 4.69) is 6.08 Å². The highest BCUT2D eigenvalue weighted by atomic mass is 16.2. The summed E-state index contributed by atoms with van der Waals surface area (Å²) in [5.74, 6) is -0.385. The van der Waals surface area contributed by atoms with Crippen molar-refractivity contribution in [2.24, 2.45) is 11.8 Å². The minimum atomic E-state index is -0.159. The fourth-order valence-electron chi connectivity index (χ4n) is 3.16. The maximum Gasteiger partial charge on any atom is 0.238 e. The monoisotopic (exact) mass is 269 g/mol. The minimum Gasteiger partial charge on any atom is -0.274 e. The van der Waals surface area contributed by atoms with Gasteiger partial charge in [0, 0.05) is 0 Å². The number of carbonyl (C=O) groups is 2. The number of rotatable bonds is 1. The van der Waals surface area contributed by atoms with Crippen molar-refractivity contribution in [2.45, 2.75) is 33.6 Å². The van der Waals surface area contributed by atoms with Crippen LogP contribution in [0.1, 0.15) is 30.9 Å². The molecule has 1 fully saturated rings. The van der Waals surface area contributed by atoms with Gasteiger partial charge in [0.05, 0.1) is 17.5 Å². The van der Waals surface area contributed by atoms with E-state index in [1.54, 1.807) is 0 Å². The van der Waals surface area contributed by atoms with Gasteiger partial charge in [0.15, 0.2) is 0 Å². The Hall–Kier alpha value is -1.90. The fourth-order valence-corrected chi connectivity index (χ4v) is 3.16. The summed E-state index contributed by atoms with van der Waals surface area (Å²) in [5.41, 5.74) is 4.21. The van der Waals surface area contributed by atoms with Crippen molar-refractivity contribution >= 4 is 17.5 Å². The van der Waals surface area contributed by atoms with E-state index in [-0.39, 0.29) is 23.7 Å². The molecule has 0 saturated carbocycles. The van der Waals surface area contributed by atoms with E-state index in [0.717, 1.165) is 17.7 Å². The number of nitrogens with zero attached hydrogens (tertiary/aromatic N) is 1. The van der Waals surface area contributed by atoms with Gasteiger partial charge in [-0.15, -0.1) is 0 Å². The summed E-state index contributed by atoms with van der Waals surface area (Å²) >= 11 is 0. The topological polar surface area (TPSA) is 37.4 Å². The van der Waals surface area contributed by atoms with Gasteiger partial charge >= 0.3 is 0 Å². The number of anilines is 1. The maximum absolute atomic E-state index is 12.6. The zero-order valence-corrected chi connectivity index (χ0v) is 12.1. The molecule has 1 aliphatic heterocycles.